The van der Waals surface area contributed by atoms with Gasteiger partial charge in [-0.15, -0.1) is 11.3 Å². The maximum Gasteiger partial charge on any atom is 0.244 e. The number of sulfonamides is 1. The molecule has 0 spiro atoms. The molecule has 4 nitrogen and oxygen atoms in total. The molecule has 0 aliphatic carbocycles. The molecular formula is C13H22N2O2S2. The van der Waals surface area contributed by atoms with Crippen molar-refractivity contribution in [3.63, 3.8) is 0 Å². The fourth-order valence-electron chi connectivity index (χ4n) is 2.66. The Morgan fingerprint density at radius 3 is 2.63 bits per heavy atom. The van der Waals surface area contributed by atoms with Crippen molar-refractivity contribution in [3.8, 4) is 0 Å². The lowest BCUT2D eigenvalue weighted by Crippen LogP contribution is -2.47. The summed E-state index contributed by atoms with van der Waals surface area (Å²) in [4.78, 5) is 2.38. The Hall–Kier alpha value is -0.430. The van der Waals surface area contributed by atoms with Crippen molar-refractivity contribution in [3.05, 3.63) is 15.8 Å². The summed E-state index contributed by atoms with van der Waals surface area (Å²) in [5, 5.41) is 0. The van der Waals surface area contributed by atoms with Crippen LogP contribution in [0.25, 0.3) is 0 Å². The lowest BCUT2D eigenvalue weighted by molar-refractivity contribution is 0.211. The van der Waals surface area contributed by atoms with Gasteiger partial charge in [0.05, 0.1) is 4.90 Å². The van der Waals surface area contributed by atoms with Gasteiger partial charge in [0.25, 0.3) is 0 Å². The third-order valence-corrected chi connectivity index (χ3v) is 7.04. The van der Waals surface area contributed by atoms with Crippen LogP contribution in [0.3, 0.4) is 0 Å². The van der Waals surface area contributed by atoms with Crippen LogP contribution >= 0.6 is 11.3 Å². The molecule has 1 aromatic rings. The molecule has 1 fully saturated rings. The van der Waals surface area contributed by atoms with E-state index in [0.29, 0.717) is 18.0 Å². The standard InChI is InChI=1S/C13H22N2O2S2/c1-9-4-5-12(7-14)8-15(9)19(16,17)13-6-10(2)18-11(13)3/h6,9,12H,4-5,7-8,14H2,1-3H3. The summed E-state index contributed by atoms with van der Waals surface area (Å²) >= 11 is 1.54. The van der Waals surface area contributed by atoms with Crippen LogP contribution in [-0.4, -0.2) is 31.9 Å². The Morgan fingerprint density at radius 2 is 2.11 bits per heavy atom. The highest BCUT2D eigenvalue weighted by Crippen LogP contribution is 2.32. The largest absolute Gasteiger partial charge is 0.330 e. The first kappa shape index (κ1) is 15.0. The number of hydrogen-bond donors (Lipinski definition) is 1. The Kier molecular flexibility index (Phi) is 4.35. The van der Waals surface area contributed by atoms with Gasteiger partial charge in [-0.3, -0.25) is 0 Å². The average Bonchev–Trinajstić information content (AvgIpc) is 2.69. The summed E-state index contributed by atoms with van der Waals surface area (Å²) in [7, 11) is -3.38. The highest BCUT2D eigenvalue weighted by Gasteiger charge is 2.35. The van der Waals surface area contributed by atoms with E-state index >= 15 is 0 Å². The fraction of sp³-hybridized carbons (Fsp3) is 0.692. The van der Waals surface area contributed by atoms with Crippen LogP contribution in [0.1, 0.15) is 29.5 Å². The molecule has 2 unspecified atom stereocenters. The van der Waals surface area contributed by atoms with Crippen LogP contribution in [-0.2, 0) is 10.0 Å². The molecule has 1 aliphatic rings. The minimum atomic E-state index is -3.38. The first-order chi connectivity index (χ1) is 8.86. The van der Waals surface area contributed by atoms with Gasteiger partial charge in [-0.25, -0.2) is 8.42 Å². The summed E-state index contributed by atoms with van der Waals surface area (Å²) < 4.78 is 27.2. The van der Waals surface area contributed by atoms with Crippen LogP contribution < -0.4 is 5.73 Å². The molecule has 108 valence electrons. The molecule has 19 heavy (non-hydrogen) atoms. The van der Waals surface area contributed by atoms with E-state index in [1.165, 1.54) is 11.3 Å². The van der Waals surface area contributed by atoms with Gasteiger partial charge in [0.15, 0.2) is 0 Å². The van der Waals surface area contributed by atoms with Gasteiger partial charge in [-0.2, -0.15) is 4.31 Å². The molecule has 1 aromatic heterocycles. The van der Waals surface area contributed by atoms with Crippen molar-refractivity contribution in [2.24, 2.45) is 11.7 Å². The van der Waals surface area contributed by atoms with Crippen molar-refractivity contribution < 1.29 is 8.42 Å². The monoisotopic (exact) mass is 302 g/mol. The fourth-order valence-corrected chi connectivity index (χ4v) is 5.93. The summed E-state index contributed by atoms with van der Waals surface area (Å²) in [6, 6.07) is 1.85. The zero-order valence-corrected chi connectivity index (χ0v) is 13.4. The highest BCUT2D eigenvalue weighted by molar-refractivity contribution is 7.89. The van der Waals surface area contributed by atoms with E-state index in [-0.39, 0.29) is 12.0 Å². The summed E-state index contributed by atoms with van der Waals surface area (Å²) in [6.07, 6.45) is 1.91. The van der Waals surface area contributed by atoms with Gasteiger partial charge >= 0.3 is 0 Å². The van der Waals surface area contributed by atoms with Crippen LogP contribution in [0.4, 0.5) is 0 Å². The SMILES string of the molecule is Cc1cc(S(=O)(=O)N2CC(CN)CCC2C)c(C)s1. The Bertz CT molecular complexity index is 551. The van der Waals surface area contributed by atoms with E-state index in [4.69, 9.17) is 5.73 Å². The number of nitrogens with zero attached hydrogens (tertiary/aromatic N) is 1. The molecule has 0 saturated carbocycles. The van der Waals surface area contributed by atoms with Crippen molar-refractivity contribution >= 4 is 21.4 Å². The second-order valence-corrected chi connectivity index (χ2v) is 8.70. The zero-order valence-electron chi connectivity index (χ0n) is 11.7. The molecule has 0 amide bonds. The third kappa shape index (κ3) is 2.86. The number of hydrogen-bond acceptors (Lipinski definition) is 4. The number of thiophene rings is 1. The van der Waals surface area contributed by atoms with Crippen molar-refractivity contribution in [2.45, 2.75) is 44.6 Å². The van der Waals surface area contributed by atoms with E-state index in [9.17, 15) is 8.42 Å². The van der Waals surface area contributed by atoms with Gasteiger partial charge in [0, 0.05) is 22.3 Å². The minimum Gasteiger partial charge on any atom is -0.330 e. The molecular weight excluding hydrogens is 280 g/mol. The summed E-state index contributed by atoms with van der Waals surface area (Å²) in [6.45, 7) is 6.91. The van der Waals surface area contributed by atoms with Gasteiger partial charge in [-0.1, -0.05) is 0 Å². The third-order valence-electron chi connectivity index (χ3n) is 3.84. The molecule has 0 bridgehead atoms. The normalized spacial score (nSPS) is 25.7. The Morgan fingerprint density at radius 1 is 1.42 bits per heavy atom. The number of rotatable bonds is 3. The van der Waals surface area contributed by atoms with E-state index in [2.05, 4.69) is 0 Å². The Labute approximate surface area is 119 Å². The highest BCUT2D eigenvalue weighted by atomic mass is 32.2. The molecule has 0 radical (unpaired) electrons. The molecule has 2 rings (SSSR count). The lowest BCUT2D eigenvalue weighted by atomic mass is 9.96. The summed E-state index contributed by atoms with van der Waals surface area (Å²) in [5.41, 5.74) is 5.71. The summed E-state index contributed by atoms with van der Waals surface area (Å²) in [5.74, 6) is 0.283. The van der Waals surface area contributed by atoms with Crippen molar-refractivity contribution in [2.75, 3.05) is 13.1 Å². The lowest BCUT2D eigenvalue weighted by Gasteiger charge is -2.36. The topological polar surface area (TPSA) is 63.4 Å². The van der Waals surface area contributed by atoms with Crippen LogP contribution in [0.2, 0.25) is 0 Å². The molecule has 1 aliphatic heterocycles. The van der Waals surface area contributed by atoms with E-state index in [1.54, 1.807) is 10.4 Å². The minimum absolute atomic E-state index is 0.0624. The first-order valence-electron chi connectivity index (χ1n) is 6.65. The van der Waals surface area contributed by atoms with Gasteiger partial charge in [0.2, 0.25) is 10.0 Å². The van der Waals surface area contributed by atoms with E-state index < -0.39 is 10.0 Å². The first-order valence-corrected chi connectivity index (χ1v) is 8.91. The quantitative estimate of drug-likeness (QED) is 0.930. The molecule has 2 heterocycles. The maximum atomic E-state index is 12.8. The van der Waals surface area contributed by atoms with E-state index in [1.807, 2.05) is 20.8 Å². The Balaban J connectivity index is 2.35. The second kappa shape index (κ2) is 5.52. The molecule has 6 heteroatoms. The van der Waals surface area contributed by atoms with Crippen molar-refractivity contribution in [1.82, 2.24) is 4.31 Å². The van der Waals surface area contributed by atoms with Gasteiger partial charge in [0.1, 0.15) is 0 Å². The predicted octanol–water partition coefficient (Wildman–Crippen LogP) is 2.11. The smallest absolute Gasteiger partial charge is 0.244 e. The van der Waals surface area contributed by atoms with Gasteiger partial charge in [-0.05, 0) is 52.1 Å². The predicted molar refractivity (Wildman–Crippen MR) is 78.9 cm³/mol. The van der Waals surface area contributed by atoms with Crippen LogP contribution in [0, 0.1) is 19.8 Å². The maximum absolute atomic E-state index is 12.8. The van der Waals surface area contributed by atoms with Crippen molar-refractivity contribution in [1.29, 1.82) is 0 Å². The second-order valence-electron chi connectivity index (χ2n) is 5.38. The number of nitrogens with two attached hydrogens (primary N) is 1. The average molecular weight is 302 g/mol. The molecule has 2 N–H and O–H groups in total. The zero-order chi connectivity index (χ0) is 14.2. The van der Waals surface area contributed by atoms with Crippen LogP contribution in [0.15, 0.2) is 11.0 Å². The number of aryl methyl sites for hydroxylation is 2. The van der Waals surface area contributed by atoms with E-state index in [0.717, 1.165) is 22.6 Å². The molecule has 0 aromatic carbocycles. The molecule has 2 atom stereocenters. The van der Waals surface area contributed by atoms with Gasteiger partial charge < -0.3 is 5.73 Å². The number of piperidine rings is 1. The molecule has 1 saturated heterocycles. The van der Waals surface area contributed by atoms with Crippen LogP contribution in [0.5, 0.6) is 0 Å².